The number of ether oxygens (including phenoxy) is 3. The number of rotatable bonds is 9. The lowest BCUT2D eigenvalue weighted by Gasteiger charge is -2.25. The minimum atomic E-state index is -0.726. The summed E-state index contributed by atoms with van der Waals surface area (Å²) in [6.45, 7) is 2.13. The molecule has 1 N–H and O–H groups in total. The summed E-state index contributed by atoms with van der Waals surface area (Å²) in [5.74, 6) is 1.37. The van der Waals surface area contributed by atoms with Gasteiger partial charge in [0, 0.05) is 10.7 Å². The van der Waals surface area contributed by atoms with Crippen LogP contribution in [0.15, 0.2) is 118 Å². The molecule has 1 atom stereocenters. The first-order valence-corrected chi connectivity index (χ1v) is 15.6. The second-order valence-corrected chi connectivity index (χ2v) is 11.9. The number of allylic oxidation sites excluding steroid dienone is 1. The number of fused-ring (bicyclic) bond motifs is 1. The van der Waals surface area contributed by atoms with Crippen LogP contribution in [0.1, 0.15) is 29.7 Å². The highest BCUT2D eigenvalue weighted by molar-refractivity contribution is 7.07. The number of carbonyl (C=O) groups is 1. The molecule has 1 aromatic heterocycles. The standard InChI is InChI=1S/C36H30ClN3O5S/c1-22-32(34(41)39-27-9-5-4-6-10-27)33(25-8-7-11-28(20-25)43-2)40-35(42)31(46-36(40)38-22)19-24-14-17-29(30(18-24)44-3)45-21-23-12-15-26(37)16-13-23/h4-20,33H,21H2,1-3H3,(H,39,41)/b31-19-/t33-/m0/s1. The second-order valence-electron chi connectivity index (χ2n) is 10.5. The van der Waals surface area contributed by atoms with Crippen LogP contribution in [0, 0.1) is 0 Å². The highest BCUT2D eigenvalue weighted by atomic mass is 35.5. The number of amides is 1. The highest BCUT2D eigenvalue weighted by Gasteiger charge is 2.32. The summed E-state index contributed by atoms with van der Waals surface area (Å²) in [5, 5.41) is 3.63. The lowest BCUT2D eigenvalue weighted by molar-refractivity contribution is -0.113. The molecule has 0 aliphatic carbocycles. The smallest absolute Gasteiger partial charge is 0.271 e. The van der Waals surface area contributed by atoms with Crippen molar-refractivity contribution in [3.05, 3.63) is 150 Å². The Hall–Kier alpha value is -5.12. The Morgan fingerprint density at radius 3 is 2.48 bits per heavy atom. The van der Waals surface area contributed by atoms with E-state index in [1.54, 1.807) is 31.8 Å². The van der Waals surface area contributed by atoms with Gasteiger partial charge in [0.1, 0.15) is 12.4 Å². The molecule has 0 unspecified atom stereocenters. The molecule has 2 heterocycles. The molecule has 1 amide bonds. The molecular formula is C36H30ClN3O5S. The fourth-order valence-corrected chi connectivity index (χ4v) is 6.42. The Bertz CT molecular complexity index is 2120. The molecule has 0 saturated carbocycles. The van der Waals surface area contributed by atoms with Gasteiger partial charge in [-0.1, -0.05) is 71.5 Å². The monoisotopic (exact) mass is 651 g/mol. The molecule has 8 nitrogen and oxygen atoms in total. The molecule has 0 radical (unpaired) electrons. The number of hydrogen-bond donors (Lipinski definition) is 1. The van der Waals surface area contributed by atoms with Crippen molar-refractivity contribution in [1.82, 2.24) is 4.57 Å². The normalized spacial score (nSPS) is 14.3. The number of thiazole rings is 1. The lowest BCUT2D eigenvalue weighted by atomic mass is 9.95. The van der Waals surface area contributed by atoms with E-state index in [9.17, 15) is 9.59 Å². The van der Waals surface area contributed by atoms with E-state index in [2.05, 4.69) is 5.32 Å². The van der Waals surface area contributed by atoms with E-state index in [4.69, 9.17) is 30.8 Å². The third kappa shape index (κ3) is 6.47. The number of nitrogens with zero attached hydrogens (tertiary/aromatic N) is 2. The quantitative estimate of drug-likeness (QED) is 0.207. The van der Waals surface area contributed by atoms with Gasteiger partial charge in [-0.15, -0.1) is 0 Å². The molecule has 46 heavy (non-hydrogen) atoms. The van der Waals surface area contributed by atoms with Crippen molar-refractivity contribution in [1.29, 1.82) is 0 Å². The first-order chi connectivity index (χ1) is 22.3. The van der Waals surface area contributed by atoms with Gasteiger partial charge in [0.05, 0.1) is 36.1 Å². The SMILES string of the molecule is COc1cccc([C@H]2C(C(=O)Nc3ccccc3)=C(C)N=c3s/c(=C\c4ccc(OCc5ccc(Cl)cc5)c(OC)c4)c(=O)n32)c1. The number of carbonyl (C=O) groups excluding carboxylic acids is 1. The highest BCUT2D eigenvalue weighted by Crippen LogP contribution is 2.33. The molecule has 0 saturated heterocycles. The van der Waals surface area contributed by atoms with Crippen LogP contribution in [-0.4, -0.2) is 24.7 Å². The van der Waals surface area contributed by atoms with Crippen molar-refractivity contribution in [3.8, 4) is 17.2 Å². The number of aromatic nitrogens is 1. The molecule has 1 aliphatic heterocycles. The van der Waals surface area contributed by atoms with Crippen LogP contribution in [0.25, 0.3) is 6.08 Å². The van der Waals surface area contributed by atoms with Crippen LogP contribution < -0.4 is 34.4 Å². The number of para-hydroxylation sites is 1. The van der Waals surface area contributed by atoms with Gasteiger partial charge >= 0.3 is 0 Å². The Morgan fingerprint density at radius 2 is 1.74 bits per heavy atom. The second kappa shape index (κ2) is 13.5. The molecule has 1 aliphatic rings. The fourth-order valence-electron chi connectivity index (χ4n) is 5.25. The summed E-state index contributed by atoms with van der Waals surface area (Å²) in [6, 6.07) is 28.8. The molecule has 5 aromatic rings. The summed E-state index contributed by atoms with van der Waals surface area (Å²) < 4.78 is 19.1. The zero-order chi connectivity index (χ0) is 32.2. The van der Waals surface area contributed by atoms with Gasteiger partial charge < -0.3 is 19.5 Å². The van der Waals surface area contributed by atoms with E-state index in [-0.39, 0.29) is 11.5 Å². The zero-order valence-electron chi connectivity index (χ0n) is 25.3. The molecule has 4 aromatic carbocycles. The first-order valence-electron chi connectivity index (χ1n) is 14.4. The topological polar surface area (TPSA) is 91.2 Å². The molecular weight excluding hydrogens is 622 g/mol. The van der Waals surface area contributed by atoms with E-state index in [1.807, 2.05) is 97.1 Å². The zero-order valence-corrected chi connectivity index (χ0v) is 26.9. The van der Waals surface area contributed by atoms with E-state index < -0.39 is 6.04 Å². The predicted octanol–water partition coefficient (Wildman–Crippen LogP) is 6.12. The Morgan fingerprint density at radius 1 is 0.957 bits per heavy atom. The van der Waals surface area contributed by atoms with E-state index in [0.29, 0.717) is 55.2 Å². The minimum absolute atomic E-state index is 0.267. The van der Waals surface area contributed by atoms with E-state index in [1.165, 1.54) is 11.3 Å². The number of nitrogens with one attached hydrogen (secondary N) is 1. The average Bonchev–Trinajstić information content (AvgIpc) is 3.38. The molecule has 0 bridgehead atoms. The van der Waals surface area contributed by atoms with Crippen LogP contribution in [-0.2, 0) is 11.4 Å². The number of halogens is 1. The van der Waals surface area contributed by atoms with Crippen molar-refractivity contribution in [2.45, 2.75) is 19.6 Å². The van der Waals surface area contributed by atoms with Crippen LogP contribution in [0.5, 0.6) is 17.2 Å². The summed E-state index contributed by atoms with van der Waals surface area (Å²) in [4.78, 5) is 33.1. The van der Waals surface area contributed by atoms with E-state index >= 15 is 0 Å². The maximum atomic E-state index is 14.1. The number of methoxy groups -OCH3 is 2. The Kier molecular flexibility index (Phi) is 9.05. The van der Waals surface area contributed by atoms with Crippen LogP contribution in [0.3, 0.4) is 0 Å². The van der Waals surface area contributed by atoms with E-state index in [0.717, 1.165) is 16.7 Å². The van der Waals surface area contributed by atoms with Crippen LogP contribution in [0.2, 0.25) is 5.02 Å². The average molecular weight is 652 g/mol. The van der Waals surface area contributed by atoms with Gasteiger partial charge in [0.25, 0.3) is 11.5 Å². The van der Waals surface area contributed by atoms with Gasteiger partial charge in [0.15, 0.2) is 16.3 Å². The number of hydrogen-bond acceptors (Lipinski definition) is 7. The largest absolute Gasteiger partial charge is 0.497 e. The summed E-state index contributed by atoms with van der Waals surface area (Å²) in [6.07, 6.45) is 1.79. The fraction of sp³-hybridized carbons (Fsp3) is 0.139. The first kappa shape index (κ1) is 30.9. The Balaban J connectivity index is 1.38. The van der Waals surface area contributed by atoms with Gasteiger partial charge in [0.2, 0.25) is 0 Å². The van der Waals surface area contributed by atoms with Gasteiger partial charge in [-0.25, -0.2) is 4.99 Å². The summed E-state index contributed by atoms with van der Waals surface area (Å²) in [5.41, 5.74) is 3.72. The van der Waals surface area contributed by atoms with Crippen LogP contribution in [0.4, 0.5) is 5.69 Å². The van der Waals surface area contributed by atoms with Gasteiger partial charge in [-0.05, 0) is 78.2 Å². The summed E-state index contributed by atoms with van der Waals surface area (Å²) >= 11 is 7.26. The third-order valence-electron chi connectivity index (χ3n) is 7.50. The number of anilines is 1. The molecule has 10 heteroatoms. The van der Waals surface area contributed by atoms with Crippen molar-refractivity contribution in [2.75, 3.05) is 19.5 Å². The van der Waals surface area contributed by atoms with Crippen molar-refractivity contribution < 1.29 is 19.0 Å². The van der Waals surface area contributed by atoms with Gasteiger partial charge in [-0.3, -0.25) is 14.2 Å². The maximum absolute atomic E-state index is 14.1. The summed E-state index contributed by atoms with van der Waals surface area (Å²) in [7, 11) is 3.15. The Labute approximate surface area is 274 Å². The number of benzene rings is 4. The van der Waals surface area contributed by atoms with Crippen molar-refractivity contribution in [2.24, 2.45) is 4.99 Å². The molecule has 232 valence electrons. The predicted molar refractivity (Wildman–Crippen MR) is 181 cm³/mol. The maximum Gasteiger partial charge on any atom is 0.271 e. The molecule has 6 rings (SSSR count). The van der Waals surface area contributed by atoms with Gasteiger partial charge in [-0.2, -0.15) is 0 Å². The van der Waals surface area contributed by atoms with Crippen molar-refractivity contribution in [3.63, 3.8) is 0 Å². The third-order valence-corrected chi connectivity index (χ3v) is 8.74. The van der Waals surface area contributed by atoms with Crippen molar-refractivity contribution >= 4 is 40.6 Å². The molecule has 0 fully saturated rings. The molecule has 0 spiro atoms. The minimum Gasteiger partial charge on any atom is -0.497 e. The lowest BCUT2D eigenvalue weighted by Crippen LogP contribution is -2.40. The van der Waals surface area contributed by atoms with Crippen LogP contribution >= 0.6 is 22.9 Å².